The standard InChI is InChI=1S/C17H22N2O3/c1-17(2,3)22-16(20)19-14-8-13(14)18-9-11-10-21-15-7-5-4-6-12(11)15/h4-7,10,13-14,18H,8-9H2,1-3H3,(H,19,20). The molecule has 0 radical (unpaired) electrons. The molecular formula is C17H22N2O3. The van der Waals surface area contributed by atoms with Gasteiger partial charge in [-0.2, -0.15) is 0 Å². The third kappa shape index (κ3) is 3.60. The first-order valence-electron chi connectivity index (χ1n) is 7.60. The quantitative estimate of drug-likeness (QED) is 0.910. The van der Waals surface area contributed by atoms with Crippen LogP contribution in [0.1, 0.15) is 32.8 Å². The molecule has 1 aromatic carbocycles. The molecule has 2 atom stereocenters. The molecule has 1 amide bonds. The number of hydrogen-bond acceptors (Lipinski definition) is 4. The summed E-state index contributed by atoms with van der Waals surface area (Å²) >= 11 is 0. The summed E-state index contributed by atoms with van der Waals surface area (Å²) in [7, 11) is 0. The smallest absolute Gasteiger partial charge is 0.407 e. The summed E-state index contributed by atoms with van der Waals surface area (Å²) in [6.45, 7) is 6.31. The lowest BCUT2D eigenvalue weighted by atomic mass is 10.2. The van der Waals surface area contributed by atoms with E-state index >= 15 is 0 Å². The summed E-state index contributed by atoms with van der Waals surface area (Å²) in [5.74, 6) is 0. The zero-order valence-corrected chi connectivity index (χ0v) is 13.2. The van der Waals surface area contributed by atoms with Crippen molar-refractivity contribution in [3.05, 3.63) is 36.1 Å². The number of benzene rings is 1. The number of furan rings is 1. The Kier molecular flexibility index (Phi) is 3.83. The molecule has 22 heavy (non-hydrogen) atoms. The van der Waals surface area contributed by atoms with Gasteiger partial charge in [0.05, 0.1) is 6.26 Å². The zero-order valence-electron chi connectivity index (χ0n) is 13.2. The first-order valence-corrected chi connectivity index (χ1v) is 7.60. The van der Waals surface area contributed by atoms with E-state index in [9.17, 15) is 4.79 Å². The maximum absolute atomic E-state index is 11.7. The van der Waals surface area contributed by atoms with Crippen LogP contribution in [0.5, 0.6) is 0 Å². The van der Waals surface area contributed by atoms with E-state index in [1.165, 1.54) is 0 Å². The third-order valence-corrected chi connectivity index (χ3v) is 3.61. The van der Waals surface area contributed by atoms with Crippen molar-refractivity contribution < 1.29 is 13.9 Å². The van der Waals surface area contributed by atoms with Crippen LogP contribution in [0, 0.1) is 0 Å². The highest BCUT2D eigenvalue weighted by molar-refractivity contribution is 5.80. The van der Waals surface area contributed by atoms with Crippen molar-refractivity contribution in [3.63, 3.8) is 0 Å². The highest BCUT2D eigenvalue weighted by atomic mass is 16.6. The molecule has 1 saturated carbocycles. The topological polar surface area (TPSA) is 63.5 Å². The van der Waals surface area contributed by atoms with E-state index in [0.29, 0.717) is 6.04 Å². The van der Waals surface area contributed by atoms with Gasteiger partial charge in [0.25, 0.3) is 0 Å². The molecule has 2 aromatic rings. The molecule has 5 heteroatoms. The van der Waals surface area contributed by atoms with Crippen LogP contribution >= 0.6 is 0 Å². The maximum atomic E-state index is 11.7. The Morgan fingerprint density at radius 2 is 2.09 bits per heavy atom. The summed E-state index contributed by atoms with van der Waals surface area (Å²) < 4.78 is 10.8. The van der Waals surface area contributed by atoms with Crippen molar-refractivity contribution in [1.82, 2.24) is 10.6 Å². The molecule has 1 aromatic heterocycles. The third-order valence-electron chi connectivity index (χ3n) is 3.61. The van der Waals surface area contributed by atoms with Gasteiger partial charge in [-0.3, -0.25) is 0 Å². The minimum Gasteiger partial charge on any atom is -0.464 e. The minimum atomic E-state index is -0.461. The van der Waals surface area contributed by atoms with Crippen LogP contribution in [0.15, 0.2) is 34.9 Å². The highest BCUT2D eigenvalue weighted by Crippen LogP contribution is 2.25. The first kappa shape index (κ1) is 14.9. The van der Waals surface area contributed by atoms with Crippen LogP contribution in [0.2, 0.25) is 0 Å². The number of hydrogen-bond donors (Lipinski definition) is 2. The average Bonchev–Trinajstić information content (AvgIpc) is 3.02. The Balaban J connectivity index is 1.47. The molecule has 0 bridgehead atoms. The Hall–Kier alpha value is -2.01. The zero-order chi connectivity index (χ0) is 15.7. The molecule has 0 saturated heterocycles. The van der Waals surface area contributed by atoms with Gasteiger partial charge in [0.15, 0.2) is 0 Å². The second kappa shape index (κ2) is 5.65. The van der Waals surface area contributed by atoms with Gasteiger partial charge in [0.1, 0.15) is 11.2 Å². The summed E-state index contributed by atoms with van der Waals surface area (Å²) in [5, 5.41) is 7.45. The maximum Gasteiger partial charge on any atom is 0.407 e. The van der Waals surface area contributed by atoms with Gasteiger partial charge in [0, 0.05) is 29.6 Å². The molecule has 1 aliphatic carbocycles. The van der Waals surface area contributed by atoms with Gasteiger partial charge < -0.3 is 19.8 Å². The molecule has 1 fully saturated rings. The van der Waals surface area contributed by atoms with Gasteiger partial charge in [-0.25, -0.2) is 4.79 Å². The van der Waals surface area contributed by atoms with E-state index in [1.807, 2.05) is 39.0 Å². The number of nitrogens with one attached hydrogen (secondary N) is 2. The lowest BCUT2D eigenvalue weighted by molar-refractivity contribution is 0.0522. The molecule has 0 spiro atoms. The van der Waals surface area contributed by atoms with E-state index in [4.69, 9.17) is 9.15 Å². The van der Waals surface area contributed by atoms with Gasteiger partial charge >= 0.3 is 6.09 Å². The van der Waals surface area contributed by atoms with Gasteiger partial charge in [-0.05, 0) is 33.3 Å². The van der Waals surface area contributed by atoms with Crippen LogP contribution < -0.4 is 10.6 Å². The van der Waals surface area contributed by atoms with E-state index in [0.717, 1.165) is 29.5 Å². The molecule has 2 unspecified atom stereocenters. The SMILES string of the molecule is CC(C)(C)OC(=O)NC1CC1NCc1coc2ccccc12. The van der Waals surface area contributed by atoms with Crippen LogP contribution in [-0.2, 0) is 11.3 Å². The van der Waals surface area contributed by atoms with Crippen LogP contribution in [0.25, 0.3) is 11.0 Å². The van der Waals surface area contributed by atoms with Crippen molar-refractivity contribution in [1.29, 1.82) is 0 Å². The average molecular weight is 302 g/mol. The minimum absolute atomic E-state index is 0.146. The first-order chi connectivity index (χ1) is 10.4. The van der Waals surface area contributed by atoms with E-state index in [-0.39, 0.29) is 12.1 Å². The summed E-state index contributed by atoms with van der Waals surface area (Å²) in [4.78, 5) is 11.7. The van der Waals surface area contributed by atoms with Gasteiger partial charge in [-0.15, -0.1) is 0 Å². The van der Waals surface area contributed by atoms with E-state index in [2.05, 4.69) is 16.7 Å². The Labute approximate surface area is 130 Å². The molecular weight excluding hydrogens is 280 g/mol. The predicted molar refractivity (Wildman–Crippen MR) is 84.6 cm³/mol. The monoisotopic (exact) mass is 302 g/mol. The normalized spacial score (nSPS) is 20.9. The molecule has 1 aliphatic rings. The fourth-order valence-corrected chi connectivity index (χ4v) is 2.45. The number of carbonyl (C=O) groups excluding carboxylic acids is 1. The summed E-state index contributed by atoms with van der Waals surface area (Å²) in [5.41, 5.74) is 1.58. The number of ether oxygens (including phenoxy) is 1. The molecule has 5 nitrogen and oxygen atoms in total. The number of para-hydroxylation sites is 1. The lowest BCUT2D eigenvalue weighted by Gasteiger charge is -2.19. The molecule has 2 N–H and O–H groups in total. The highest BCUT2D eigenvalue weighted by Gasteiger charge is 2.38. The number of fused-ring (bicyclic) bond motifs is 1. The van der Waals surface area contributed by atoms with E-state index < -0.39 is 5.60 Å². The second-order valence-electron chi connectivity index (χ2n) is 6.73. The van der Waals surface area contributed by atoms with Crippen LogP contribution in [-0.4, -0.2) is 23.8 Å². The number of alkyl carbamates (subject to hydrolysis) is 1. The number of rotatable bonds is 4. The lowest BCUT2D eigenvalue weighted by Crippen LogP contribution is -2.36. The Morgan fingerprint density at radius 1 is 1.32 bits per heavy atom. The molecule has 1 heterocycles. The summed E-state index contributed by atoms with van der Waals surface area (Å²) in [6.07, 6.45) is 2.36. The molecule has 3 rings (SSSR count). The van der Waals surface area contributed by atoms with E-state index in [1.54, 1.807) is 6.26 Å². The van der Waals surface area contributed by atoms with Crippen LogP contribution in [0.3, 0.4) is 0 Å². The Bertz CT molecular complexity index is 672. The predicted octanol–water partition coefficient (Wildman–Crippen LogP) is 3.19. The van der Waals surface area contributed by atoms with Crippen molar-refractivity contribution >= 4 is 17.1 Å². The number of carbonyl (C=O) groups is 1. The van der Waals surface area contributed by atoms with Crippen molar-refractivity contribution in [2.45, 2.75) is 51.4 Å². The van der Waals surface area contributed by atoms with Crippen molar-refractivity contribution in [2.75, 3.05) is 0 Å². The fourth-order valence-electron chi connectivity index (χ4n) is 2.45. The number of amides is 1. The largest absolute Gasteiger partial charge is 0.464 e. The van der Waals surface area contributed by atoms with Crippen molar-refractivity contribution in [3.8, 4) is 0 Å². The Morgan fingerprint density at radius 3 is 2.86 bits per heavy atom. The fraction of sp³-hybridized carbons (Fsp3) is 0.471. The second-order valence-corrected chi connectivity index (χ2v) is 6.73. The summed E-state index contributed by atoms with van der Waals surface area (Å²) in [6, 6.07) is 8.42. The van der Waals surface area contributed by atoms with Gasteiger partial charge in [0.2, 0.25) is 0 Å². The molecule has 0 aliphatic heterocycles. The molecule has 118 valence electrons. The van der Waals surface area contributed by atoms with Crippen LogP contribution in [0.4, 0.5) is 4.79 Å². The van der Waals surface area contributed by atoms with Crippen molar-refractivity contribution in [2.24, 2.45) is 0 Å². The van der Waals surface area contributed by atoms with Gasteiger partial charge in [-0.1, -0.05) is 18.2 Å².